The summed E-state index contributed by atoms with van der Waals surface area (Å²) >= 11 is 0. The molecule has 0 aliphatic carbocycles. The van der Waals surface area contributed by atoms with Crippen molar-refractivity contribution in [3.8, 4) is 5.75 Å². The largest absolute Gasteiger partial charge is 0.492 e. The molecule has 0 unspecified atom stereocenters. The zero-order valence-corrected chi connectivity index (χ0v) is 12.3. The Morgan fingerprint density at radius 3 is 2.71 bits per heavy atom. The molecule has 0 saturated carbocycles. The van der Waals surface area contributed by atoms with Crippen LogP contribution in [0.3, 0.4) is 0 Å². The van der Waals surface area contributed by atoms with E-state index in [4.69, 9.17) is 4.74 Å². The van der Waals surface area contributed by atoms with E-state index in [2.05, 4.69) is 9.71 Å². The van der Waals surface area contributed by atoms with E-state index in [9.17, 15) is 13.2 Å². The van der Waals surface area contributed by atoms with Gasteiger partial charge < -0.3 is 9.72 Å². The van der Waals surface area contributed by atoms with Gasteiger partial charge in [0.05, 0.1) is 4.90 Å². The number of nitrogens with one attached hydrogen (secondary N) is 2. The maximum absolute atomic E-state index is 11.9. The minimum atomic E-state index is -3.64. The molecule has 21 heavy (non-hydrogen) atoms. The maximum Gasteiger partial charge on any atom is 0.247 e. The number of benzene rings is 1. The van der Waals surface area contributed by atoms with Gasteiger partial charge in [-0.3, -0.25) is 4.79 Å². The van der Waals surface area contributed by atoms with Crippen LogP contribution in [0, 0.1) is 6.92 Å². The summed E-state index contributed by atoms with van der Waals surface area (Å²) in [7, 11) is -3.64. The summed E-state index contributed by atoms with van der Waals surface area (Å²) in [5.74, 6) is 0.693. The first kappa shape index (κ1) is 15.3. The SMILES string of the molecule is Cc1cccc(OCCNS(=O)(=O)c2ccc(=O)[nH]c2)c1. The first-order valence-electron chi connectivity index (χ1n) is 6.35. The van der Waals surface area contributed by atoms with Crippen LogP contribution in [0.2, 0.25) is 0 Å². The third-order valence-corrected chi connectivity index (χ3v) is 4.18. The average molecular weight is 308 g/mol. The molecule has 1 aromatic heterocycles. The first-order chi connectivity index (χ1) is 9.97. The van der Waals surface area contributed by atoms with Crippen molar-refractivity contribution in [3.05, 3.63) is 58.5 Å². The van der Waals surface area contributed by atoms with E-state index in [0.717, 1.165) is 17.8 Å². The third-order valence-electron chi connectivity index (χ3n) is 2.72. The van der Waals surface area contributed by atoms with Gasteiger partial charge in [0.15, 0.2) is 0 Å². The molecule has 1 heterocycles. The summed E-state index contributed by atoms with van der Waals surface area (Å²) in [5, 5.41) is 0. The topological polar surface area (TPSA) is 88.3 Å². The van der Waals surface area contributed by atoms with Crippen molar-refractivity contribution >= 4 is 10.0 Å². The highest BCUT2D eigenvalue weighted by molar-refractivity contribution is 7.89. The van der Waals surface area contributed by atoms with E-state index in [1.807, 2.05) is 31.2 Å². The van der Waals surface area contributed by atoms with Gasteiger partial charge in [0.2, 0.25) is 15.6 Å². The van der Waals surface area contributed by atoms with Crippen molar-refractivity contribution in [2.75, 3.05) is 13.2 Å². The number of H-pyrrole nitrogens is 1. The van der Waals surface area contributed by atoms with Crippen LogP contribution in [-0.2, 0) is 10.0 Å². The molecular formula is C14H16N2O4S. The Morgan fingerprint density at radius 1 is 1.24 bits per heavy atom. The standard InChI is InChI=1S/C14H16N2O4S/c1-11-3-2-4-12(9-11)20-8-7-16-21(18,19)13-5-6-14(17)15-10-13/h2-6,9-10,16H,7-8H2,1H3,(H,15,17). The fourth-order valence-corrected chi connectivity index (χ4v) is 2.68. The Kier molecular flexibility index (Phi) is 4.77. The highest BCUT2D eigenvalue weighted by atomic mass is 32.2. The third kappa shape index (κ3) is 4.44. The summed E-state index contributed by atoms with van der Waals surface area (Å²) < 4.78 is 31.7. The molecule has 0 atom stereocenters. The van der Waals surface area contributed by atoms with Crippen LogP contribution in [0.25, 0.3) is 0 Å². The molecule has 6 nitrogen and oxygen atoms in total. The number of sulfonamides is 1. The average Bonchev–Trinajstić information content (AvgIpc) is 2.44. The molecule has 1 aromatic carbocycles. The Hall–Kier alpha value is -2.12. The second-order valence-corrected chi connectivity index (χ2v) is 6.22. The van der Waals surface area contributed by atoms with Gasteiger partial charge in [-0.2, -0.15) is 0 Å². The predicted molar refractivity (Wildman–Crippen MR) is 78.9 cm³/mol. The zero-order valence-electron chi connectivity index (χ0n) is 11.5. The van der Waals surface area contributed by atoms with Gasteiger partial charge in [-0.15, -0.1) is 0 Å². The number of pyridine rings is 1. The first-order valence-corrected chi connectivity index (χ1v) is 7.83. The lowest BCUT2D eigenvalue weighted by atomic mass is 10.2. The predicted octanol–water partition coefficient (Wildman–Crippen LogP) is 1.04. The lowest BCUT2D eigenvalue weighted by Crippen LogP contribution is -2.28. The Morgan fingerprint density at radius 2 is 2.05 bits per heavy atom. The lowest BCUT2D eigenvalue weighted by molar-refractivity contribution is 0.322. The molecule has 2 N–H and O–H groups in total. The molecule has 0 radical (unpaired) electrons. The fraction of sp³-hybridized carbons (Fsp3) is 0.214. The van der Waals surface area contributed by atoms with Crippen molar-refractivity contribution in [1.29, 1.82) is 0 Å². The van der Waals surface area contributed by atoms with Gasteiger partial charge in [0, 0.05) is 18.8 Å². The van der Waals surface area contributed by atoms with Crippen molar-refractivity contribution < 1.29 is 13.2 Å². The van der Waals surface area contributed by atoms with Crippen molar-refractivity contribution in [2.24, 2.45) is 0 Å². The maximum atomic E-state index is 11.9. The zero-order chi connectivity index (χ0) is 15.3. The second-order valence-electron chi connectivity index (χ2n) is 4.45. The van der Waals surface area contributed by atoms with Gasteiger partial charge in [-0.05, 0) is 30.7 Å². The minimum absolute atomic E-state index is 0.0117. The molecule has 112 valence electrons. The second kappa shape index (κ2) is 6.55. The van der Waals surface area contributed by atoms with Crippen LogP contribution < -0.4 is 15.0 Å². The van der Waals surface area contributed by atoms with E-state index in [1.54, 1.807) is 0 Å². The molecule has 0 saturated heterocycles. The highest BCUT2D eigenvalue weighted by Crippen LogP contribution is 2.12. The Labute approximate surface area is 122 Å². The number of aryl methyl sites for hydroxylation is 1. The van der Waals surface area contributed by atoms with Gasteiger partial charge >= 0.3 is 0 Å². The number of ether oxygens (including phenoxy) is 1. The molecule has 0 bridgehead atoms. The number of hydrogen-bond donors (Lipinski definition) is 2. The molecule has 2 rings (SSSR count). The van der Waals surface area contributed by atoms with E-state index in [1.165, 1.54) is 6.07 Å². The summed E-state index contributed by atoms with van der Waals surface area (Å²) in [6.07, 6.45) is 1.16. The molecular weight excluding hydrogens is 292 g/mol. The summed E-state index contributed by atoms with van der Waals surface area (Å²) in [6.45, 7) is 2.30. The number of rotatable bonds is 6. The molecule has 7 heteroatoms. The van der Waals surface area contributed by atoms with Gasteiger partial charge in [-0.25, -0.2) is 13.1 Å². The summed E-state index contributed by atoms with van der Waals surface area (Å²) in [5.41, 5.74) is 0.720. The Bertz CT molecular complexity index is 748. The quantitative estimate of drug-likeness (QED) is 0.781. The smallest absolute Gasteiger partial charge is 0.247 e. The van der Waals surface area contributed by atoms with Crippen LogP contribution in [0.4, 0.5) is 0 Å². The van der Waals surface area contributed by atoms with E-state index in [0.29, 0.717) is 5.75 Å². The summed E-state index contributed by atoms with van der Waals surface area (Å²) in [4.78, 5) is 13.2. The number of hydrogen-bond acceptors (Lipinski definition) is 4. The van der Waals surface area contributed by atoms with Crippen molar-refractivity contribution in [2.45, 2.75) is 11.8 Å². The number of aromatic amines is 1. The molecule has 0 amide bonds. The molecule has 0 fully saturated rings. The molecule has 2 aromatic rings. The normalized spacial score (nSPS) is 11.3. The van der Waals surface area contributed by atoms with Gasteiger partial charge in [-0.1, -0.05) is 12.1 Å². The van der Waals surface area contributed by atoms with E-state index < -0.39 is 10.0 Å². The summed E-state index contributed by atoms with van der Waals surface area (Å²) in [6, 6.07) is 9.92. The molecule has 0 aliphatic heterocycles. The van der Waals surface area contributed by atoms with Crippen LogP contribution in [0.5, 0.6) is 5.75 Å². The molecule has 0 aliphatic rings. The Balaban J connectivity index is 1.88. The minimum Gasteiger partial charge on any atom is -0.492 e. The van der Waals surface area contributed by atoms with Crippen LogP contribution >= 0.6 is 0 Å². The number of aromatic nitrogens is 1. The van der Waals surface area contributed by atoms with Crippen molar-refractivity contribution in [3.63, 3.8) is 0 Å². The van der Waals surface area contributed by atoms with E-state index >= 15 is 0 Å². The lowest BCUT2D eigenvalue weighted by Gasteiger charge is -2.08. The highest BCUT2D eigenvalue weighted by Gasteiger charge is 2.13. The van der Waals surface area contributed by atoms with Crippen molar-refractivity contribution in [1.82, 2.24) is 9.71 Å². The van der Waals surface area contributed by atoms with Gasteiger partial charge in [0.1, 0.15) is 12.4 Å². The molecule has 0 spiro atoms. The fourth-order valence-electron chi connectivity index (χ4n) is 1.70. The van der Waals surface area contributed by atoms with Crippen LogP contribution in [0.1, 0.15) is 5.56 Å². The van der Waals surface area contributed by atoms with Crippen LogP contribution in [-0.4, -0.2) is 26.6 Å². The van der Waals surface area contributed by atoms with Gasteiger partial charge in [0.25, 0.3) is 0 Å². The van der Waals surface area contributed by atoms with E-state index in [-0.39, 0.29) is 23.6 Å². The van der Waals surface area contributed by atoms with Crippen LogP contribution in [0.15, 0.2) is 52.3 Å². The monoisotopic (exact) mass is 308 g/mol.